The zero-order valence-electron chi connectivity index (χ0n) is 7.08. The van der Waals surface area contributed by atoms with Gasteiger partial charge in [-0.05, 0) is 26.9 Å². The van der Waals surface area contributed by atoms with E-state index < -0.39 is 5.97 Å². The average Bonchev–Trinajstić information content (AvgIpc) is 2.32. The van der Waals surface area contributed by atoms with Crippen molar-refractivity contribution in [3.05, 3.63) is 0 Å². The van der Waals surface area contributed by atoms with Crippen molar-refractivity contribution in [2.75, 3.05) is 14.1 Å². The van der Waals surface area contributed by atoms with Crippen LogP contribution in [0, 0.1) is 5.92 Å². The van der Waals surface area contributed by atoms with Gasteiger partial charge in [0.1, 0.15) is 0 Å². The van der Waals surface area contributed by atoms with Crippen LogP contribution in [0.2, 0.25) is 0 Å². The van der Waals surface area contributed by atoms with E-state index >= 15 is 0 Å². The lowest BCUT2D eigenvalue weighted by molar-refractivity contribution is -0.143. The fourth-order valence-corrected chi connectivity index (χ4v) is 1.85. The maximum Gasteiger partial charge on any atom is 0.308 e. The van der Waals surface area contributed by atoms with Crippen LogP contribution < -0.4 is 0 Å². The van der Waals surface area contributed by atoms with Crippen LogP contribution in [0.4, 0.5) is 0 Å². The maximum absolute atomic E-state index is 10.7. The van der Waals surface area contributed by atoms with Crippen LogP contribution in [-0.2, 0) is 4.79 Å². The molecule has 0 bridgehead atoms. The minimum atomic E-state index is -0.638. The Morgan fingerprint density at radius 2 is 2.09 bits per heavy atom. The Kier molecular flexibility index (Phi) is 2.49. The smallest absolute Gasteiger partial charge is 0.308 e. The van der Waals surface area contributed by atoms with Gasteiger partial charge in [0.25, 0.3) is 0 Å². The number of carboxylic acids is 1. The van der Waals surface area contributed by atoms with E-state index in [1.807, 2.05) is 19.0 Å². The third kappa shape index (κ3) is 1.71. The van der Waals surface area contributed by atoms with E-state index in [0.717, 1.165) is 19.3 Å². The Morgan fingerprint density at radius 1 is 1.45 bits per heavy atom. The Labute approximate surface area is 67.0 Å². The molecule has 2 atom stereocenters. The summed E-state index contributed by atoms with van der Waals surface area (Å²) >= 11 is 0. The molecule has 0 aromatic heterocycles. The van der Waals surface area contributed by atoms with Crippen molar-refractivity contribution in [1.82, 2.24) is 4.90 Å². The lowest BCUT2D eigenvalue weighted by Gasteiger charge is -2.22. The molecule has 2 unspecified atom stereocenters. The van der Waals surface area contributed by atoms with Gasteiger partial charge in [-0.15, -0.1) is 0 Å². The summed E-state index contributed by atoms with van der Waals surface area (Å²) in [5, 5.41) is 8.81. The van der Waals surface area contributed by atoms with Gasteiger partial charge in [0.2, 0.25) is 0 Å². The monoisotopic (exact) mass is 157 g/mol. The largest absolute Gasteiger partial charge is 0.481 e. The van der Waals surface area contributed by atoms with Crippen molar-refractivity contribution in [2.45, 2.75) is 25.3 Å². The van der Waals surface area contributed by atoms with Crippen LogP contribution in [-0.4, -0.2) is 36.1 Å². The summed E-state index contributed by atoms with van der Waals surface area (Å²) in [6, 6.07) is 0.257. The van der Waals surface area contributed by atoms with Crippen LogP contribution in [0.1, 0.15) is 19.3 Å². The molecule has 1 fully saturated rings. The van der Waals surface area contributed by atoms with E-state index in [9.17, 15) is 4.79 Å². The second-order valence-electron chi connectivity index (χ2n) is 3.41. The van der Waals surface area contributed by atoms with Crippen LogP contribution >= 0.6 is 0 Å². The van der Waals surface area contributed by atoms with Gasteiger partial charge in [-0.2, -0.15) is 0 Å². The molecule has 1 rings (SSSR count). The summed E-state index contributed by atoms with van der Waals surface area (Å²) in [4.78, 5) is 12.7. The standard InChI is InChI=1S/C8H15NO2/c1-9(2)7-5-3-4-6(7)8(10)11/h6-7H,3-5H2,1-2H3,(H,10,11). The highest BCUT2D eigenvalue weighted by molar-refractivity contribution is 5.71. The molecule has 1 aliphatic carbocycles. The van der Waals surface area contributed by atoms with Gasteiger partial charge in [-0.3, -0.25) is 4.79 Å². The fourth-order valence-electron chi connectivity index (χ4n) is 1.85. The summed E-state index contributed by atoms with van der Waals surface area (Å²) in [7, 11) is 3.90. The fraction of sp³-hybridized carbons (Fsp3) is 0.875. The molecule has 1 N–H and O–H groups in total. The molecule has 11 heavy (non-hydrogen) atoms. The van der Waals surface area contributed by atoms with Crippen molar-refractivity contribution >= 4 is 5.97 Å². The minimum absolute atomic E-state index is 0.134. The second-order valence-corrected chi connectivity index (χ2v) is 3.41. The number of nitrogens with zero attached hydrogens (tertiary/aromatic N) is 1. The van der Waals surface area contributed by atoms with E-state index in [1.54, 1.807) is 0 Å². The molecule has 0 saturated heterocycles. The third-order valence-electron chi connectivity index (χ3n) is 2.46. The molecular weight excluding hydrogens is 142 g/mol. The quantitative estimate of drug-likeness (QED) is 0.644. The Morgan fingerprint density at radius 3 is 2.45 bits per heavy atom. The zero-order chi connectivity index (χ0) is 8.43. The minimum Gasteiger partial charge on any atom is -0.481 e. The molecule has 0 aliphatic heterocycles. The molecule has 1 aliphatic rings. The first-order valence-electron chi connectivity index (χ1n) is 4.02. The molecule has 0 heterocycles. The molecule has 0 spiro atoms. The number of hydrogen-bond acceptors (Lipinski definition) is 2. The predicted octanol–water partition coefficient (Wildman–Crippen LogP) is 0.801. The van der Waals surface area contributed by atoms with E-state index in [0.29, 0.717) is 0 Å². The van der Waals surface area contributed by atoms with Crippen molar-refractivity contribution < 1.29 is 9.90 Å². The van der Waals surface area contributed by atoms with Gasteiger partial charge >= 0.3 is 5.97 Å². The lowest BCUT2D eigenvalue weighted by atomic mass is 10.0. The van der Waals surface area contributed by atoms with Crippen molar-refractivity contribution in [2.24, 2.45) is 5.92 Å². The van der Waals surface area contributed by atoms with Crippen LogP contribution in [0.5, 0.6) is 0 Å². The van der Waals surface area contributed by atoms with E-state index in [-0.39, 0.29) is 12.0 Å². The average molecular weight is 157 g/mol. The van der Waals surface area contributed by atoms with Gasteiger partial charge in [-0.1, -0.05) is 6.42 Å². The third-order valence-corrected chi connectivity index (χ3v) is 2.46. The van der Waals surface area contributed by atoms with Crippen molar-refractivity contribution in [3.63, 3.8) is 0 Å². The van der Waals surface area contributed by atoms with Crippen molar-refractivity contribution in [3.8, 4) is 0 Å². The molecule has 3 nitrogen and oxygen atoms in total. The first-order chi connectivity index (χ1) is 5.13. The molecule has 1 saturated carbocycles. The number of aliphatic carboxylic acids is 1. The van der Waals surface area contributed by atoms with Gasteiger partial charge in [0.05, 0.1) is 5.92 Å². The van der Waals surface area contributed by atoms with Gasteiger partial charge < -0.3 is 10.0 Å². The van der Waals surface area contributed by atoms with Gasteiger partial charge in [0.15, 0.2) is 0 Å². The second kappa shape index (κ2) is 3.22. The maximum atomic E-state index is 10.7. The zero-order valence-corrected chi connectivity index (χ0v) is 7.08. The SMILES string of the molecule is CN(C)C1CCCC1C(=O)O. The molecule has 0 amide bonds. The Hall–Kier alpha value is -0.570. The highest BCUT2D eigenvalue weighted by atomic mass is 16.4. The van der Waals surface area contributed by atoms with Crippen LogP contribution in [0.3, 0.4) is 0 Å². The number of carbonyl (C=O) groups is 1. The first kappa shape index (κ1) is 8.53. The molecule has 0 aromatic carbocycles. The topological polar surface area (TPSA) is 40.5 Å². The normalized spacial score (nSPS) is 31.2. The lowest BCUT2D eigenvalue weighted by Crippen LogP contribution is -2.35. The van der Waals surface area contributed by atoms with Crippen LogP contribution in [0.15, 0.2) is 0 Å². The number of rotatable bonds is 2. The molecular formula is C8H15NO2. The summed E-state index contributed by atoms with van der Waals surface area (Å²) in [5.74, 6) is -0.772. The van der Waals surface area contributed by atoms with E-state index in [2.05, 4.69) is 0 Å². The first-order valence-corrected chi connectivity index (χ1v) is 4.02. The predicted molar refractivity (Wildman–Crippen MR) is 42.5 cm³/mol. The molecule has 64 valence electrons. The summed E-state index contributed by atoms with van der Waals surface area (Å²) in [6.45, 7) is 0. The Bertz CT molecular complexity index is 156. The summed E-state index contributed by atoms with van der Waals surface area (Å²) in [6.07, 6.45) is 2.93. The van der Waals surface area contributed by atoms with Crippen LogP contribution in [0.25, 0.3) is 0 Å². The number of hydrogen-bond donors (Lipinski definition) is 1. The van der Waals surface area contributed by atoms with E-state index in [4.69, 9.17) is 5.11 Å². The highest BCUT2D eigenvalue weighted by Crippen LogP contribution is 2.28. The summed E-state index contributed by atoms with van der Waals surface area (Å²) in [5.41, 5.74) is 0. The summed E-state index contributed by atoms with van der Waals surface area (Å²) < 4.78 is 0. The van der Waals surface area contributed by atoms with E-state index in [1.165, 1.54) is 0 Å². The molecule has 3 heteroatoms. The molecule has 0 radical (unpaired) electrons. The van der Waals surface area contributed by atoms with Crippen molar-refractivity contribution in [1.29, 1.82) is 0 Å². The van der Waals surface area contributed by atoms with Gasteiger partial charge in [-0.25, -0.2) is 0 Å². The Balaban J connectivity index is 2.58. The van der Waals surface area contributed by atoms with Gasteiger partial charge in [0, 0.05) is 6.04 Å². The number of carboxylic acid groups (broad SMARTS) is 1. The highest BCUT2D eigenvalue weighted by Gasteiger charge is 2.33. The molecule has 0 aromatic rings.